The lowest BCUT2D eigenvalue weighted by atomic mass is 9.92. The van der Waals surface area contributed by atoms with Crippen LogP contribution < -0.4 is 16.4 Å². The Morgan fingerprint density at radius 2 is 1.76 bits per heavy atom. The molecule has 3 rings (SSSR count). The summed E-state index contributed by atoms with van der Waals surface area (Å²) in [5.74, 6) is -1.22. The normalized spacial score (nSPS) is 11.1. The summed E-state index contributed by atoms with van der Waals surface area (Å²) >= 11 is 0. The molecule has 0 aliphatic heterocycles. The van der Waals surface area contributed by atoms with Crippen molar-refractivity contribution >= 4 is 17.8 Å². The van der Waals surface area contributed by atoms with Gasteiger partial charge in [0.05, 0.1) is 17.9 Å². The molecule has 0 saturated heterocycles. The Bertz CT molecular complexity index is 1210. The highest BCUT2D eigenvalue weighted by Gasteiger charge is 2.22. The van der Waals surface area contributed by atoms with E-state index in [4.69, 9.17) is 10.5 Å². The first-order chi connectivity index (χ1) is 16.0. The molecule has 0 atom stereocenters. The predicted molar refractivity (Wildman–Crippen MR) is 125 cm³/mol. The third kappa shape index (κ3) is 6.28. The molecule has 34 heavy (non-hydrogen) atoms. The third-order valence-electron chi connectivity index (χ3n) is 4.81. The molecular formula is C25H26F2N4O3. The number of hydrogen-bond acceptors (Lipinski definition) is 4. The van der Waals surface area contributed by atoms with Crippen molar-refractivity contribution in [1.29, 1.82) is 0 Å². The van der Waals surface area contributed by atoms with Gasteiger partial charge >= 0.3 is 12.1 Å². The number of rotatable bonds is 6. The lowest BCUT2D eigenvalue weighted by Gasteiger charge is -2.21. The minimum Gasteiger partial charge on any atom is -0.444 e. The van der Waals surface area contributed by atoms with Crippen LogP contribution in [0.2, 0.25) is 0 Å². The van der Waals surface area contributed by atoms with Gasteiger partial charge in [0.15, 0.2) is 5.82 Å². The summed E-state index contributed by atoms with van der Waals surface area (Å²) < 4.78 is 35.4. The van der Waals surface area contributed by atoms with Gasteiger partial charge in [-0.15, -0.1) is 0 Å². The van der Waals surface area contributed by atoms with Crippen LogP contribution in [-0.2, 0) is 17.7 Å². The number of nitrogens with one attached hydrogen (secondary N) is 2. The van der Waals surface area contributed by atoms with Crippen molar-refractivity contribution in [3.8, 4) is 11.1 Å². The quantitative estimate of drug-likeness (QED) is 0.466. The highest BCUT2D eigenvalue weighted by molar-refractivity contribution is 5.86. The summed E-state index contributed by atoms with van der Waals surface area (Å²) in [7, 11) is 0. The van der Waals surface area contributed by atoms with Crippen LogP contribution in [0.25, 0.3) is 11.1 Å². The van der Waals surface area contributed by atoms with Gasteiger partial charge in [-0.25, -0.2) is 18.4 Å². The third-order valence-corrected chi connectivity index (χ3v) is 4.81. The number of halogens is 2. The maximum atomic E-state index is 15.8. The van der Waals surface area contributed by atoms with E-state index in [1.807, 2.05) is 0 Å². The smallest absolute Gasteiger partial charge is 0.412 e. The highest BCUT2D eigenvalue weighted by atomic mass is 19.1. The molecular weight excluding hydrogens is 442 g/mol. The van der Waals surface area contributed by atoms with E-state index in [1.165, 1.54) is 18.3 Å². The maximum absolute atomic E-state index is 15.8. The van der Waals surface area contributed by atoms with Crippen molar-refractivity contribution in [2.24, 2.45) is 5.73 Å². The summed E-state index contributed by atoms with van der Waals surface area (Å²) in [6.45, 7) is 5.10. The molecule has 0 spiro atoms. The SMILES string of the molecule is CC(C)(C)OC(=O)Nc1ccc(-c2cccnc2CNC(N)=O)c(Cc2ccccc2F)c1F. The van der Waals surface area contributed by atoms with Crippen molar-refractivity contribution in [3.63, 3.8) is 0 Å². The van der Waals surface area contributed by atoms with Crippen LogP contribution in [0.5, 0.6) is 0 Å². The number of nitrogens with zero attached hydrogens (tertiary/aromatic N) is 1. The lowest BCUT2D eigenvalue weighted by Crippen LogP contribution is -2.29. The molecule has 0 radical (unpaired) electrons. The maximum Gasteiger partial charge on any atom is 0.412 e. The molecule has 3 aromatic rings. The topological polar surface area (TPSA) is 106 Å². The van der Waals surface area contributed by atoms with E-state index >= 15 is 4.39 Å². The summed E-state index contributed by atoms with van der Waals surface area (Å²) in [5, 5.41) is 4.89. The van der Waals surface area contributed by atoms with Crippen LogP contribution in [0.4, 0.5) is 24.1 Å². The van der Waals surface area contributed by atoms with Gasteiger partial charge in [0, 0.05) is 23.7 Å². The van der Waals surface area contributed by atoms with Crippen molar-refractivity contribution in [2.45, 2.75) is 39.3 Å². The van der Waals surface area contributed by atoms with Gasteiger partial charge in [-0.2, -0.15) is 0 Å². The predicted octanol–water partition coefficient (Wildman–Crippen LogP) is 5.13. The fourth-order valence-corrected chi connectivity index (χ4v) is 3.38. The molecule has 1 aromatic heterocycles. The van der Waals surface area contributed by atoms with E-state index < -0.39 is 29.4 Å². The molecule has 0 fully saturated rings. The second kappa shape index (κ2) is 10.3. The second-order valence-corrected chi connectivity index (χ2v) is 8.56. The zero-order chi connectivity index (χ0) is 24.9. The Morgan fingerprint density at radius 1 is 1.03 bits per heavy atom. The highest BCUT2D eigenvalue weighted by Crippen LogP contribution is 2.34. The number of carbonyl (C=O) groups is 2. The number of carbonyl (C=O) groups excluding carboxylic acids is 2. The van der Waals surface area contributed by atoms with Crippen LogP contribution in [0.15, 0.2) is 54.7 Å². The van der Waals surface area contributed by atoms with E-state index in [1.54, 1.807) is 57.2 Å². The van der Waals surface area contributed by atoms with Crippen LogP contribution in [-0.4, -0.2) is 22.7 Å². The van der Waals surface area contributed by atoms with Gasteiger partial charge in [-0.3, -0.25) is 10.3 Å². The number of benzene rings is 2. The average molecular weight is 469 g/mol. The van der Waals surface area contributed by atoms with Crippen LogP contribution in [0, 0.1) is 11.6 Å². The fourth-order valence-electron chi connectivity index (χ4n) is 3.38. The largest absolute Gasteiger partial charge is 0.444 e. The molecule has 0 aliphatic carbocycles. The number of amides is 3. The molecule has 4 N–H and O–H groups in total. The Balaban J connectivity index is 2.10. The Morgan fingerprint density at radius 3 is 2.44 bits per heavy atom. The van der Waals surface area contributed by atoms with Crippen molar-refractivity contribution in [3.05, 3.63) is 83.2 Å². The van der Waals surface area contributed by atoms with Gasteiger partial charge in [-0.05, 0) is 50.1 Å². The molecule has 3 amide bonds. The molecule has 2 aromatic carbocycles. The molecule has 0 unspecified atom stereocenters. The van der Waals surface area contributed by atoms with Gasteiger partial charge in [-0.1, -0.05) is 30.3 Å². The standard InChI is InChI=1S/C25H26F2N4O3/c1-25(2,3)34-24(33)31-20-11-10-16(17-8-6-12-29-21(17)14-30-23(28)32)18(22(20)27)13-15-7-4-5-9-19(15)26/h4-12H,13-14H2,1-3H3,(H,31,33)(H3,28,30,32). The summed E-state index contributed by atoms with van der Waals surface area (Å²) in [4.78, 5) is 27.7. The van der Waals surface area contributed by atoms with Gasteiger partial charge in [0.25, 0.3) is 0 Å². The van der Waals surface area contributed by atoms with Crippen molar-refractivity contribution in [2.75, 3.05) is 5.32 Å². The van der Waals surface area contributed by atoms with E-state index in [2.05, 4.69) is 15.6 Å². The molecule has 1 heterocycles. The average Bonchev–Trinajstić information content (AvgIpc) is 2.75. The monoisotopic (exact) mass is 468 g/mol. The Hall–Kier alpha value is -4.01. The lowest BCUT2D eigenvalue weighted by molar-refractivity contribution is 0.0635. The minimum absolute atomic E-state index is 0.0180. The van der Waals surface area contributed by atoms with Gasteiger partial charge in [0.1, 0.15) is 11.4 Å². The number of hydrogen-bond donors (Lipinski definition) is 3. The Kier molecular flexibility index (Phi) is 7.45. The number of ether oxygens (including phenoxy) is 1. The number of urea groups is 1. The van der Waals surface area contributed by atoms with Crippen molar-refractivity contribution < 1.29 is 23.1 Å². The summed E-state index contributed by atoms with van der Waals surface area (Å²) in [5.41, 5.74) is 6.14. The zero-order valence-corrected chi connectivity index (χ0v) is 19.1. The number of pyridine rings is 1. The van der Waals surface area contributed by atoms with Crippen LogP contribution in [0.1, 0.15) is 37.6 Å². The van der Waals surface area contributed by atoms with E-state index in [0.29, 0.717) is 16.8 Å². The molecule has 0 saturated carbocycles. The first-order valence-electron chi connectivity index (χ1n) is 10.6. The van der Waals surface area contributed by atoms with Gasteiger partial charge in [0.2, 0.25) is 0 Å². The van der Waals surface area contributed by atoms with E-state index in [0.717, 1.165) is 0 Å². The number of primary amides is 1. The summed E-state index contributed by atoms with van der Waals surface area (Å²) in [6, 6.07) is 11.7. The van der Waals surface area contributed by atoms with Gasteiger partial charge < -0.3 is 15.8 Å². The van der Waals surface area contributed by atoms with E-state index in [9.17, 15) is 14.0 Å². The molecule has 9 heteroatoms. The molecule has 0 bridgehead atoms. The first kappa shape index (κ1) is 24.6. The Labute approximate surface area is 196 Å². The fraction of sp³-hybridized carbons (Fsp3) is 0.240. The molecule has 0 aliphatic rings. The van der Waals surface area contributed by atoms with Crippen LogP contribution >= 0.6 is 0 Å². The first-order valence-corrected chi connectivity index (χ1v) is 10.6. The molecule has 7 nitrogen and oxygen atoms in total. The number of nitrogens with two attached hydrogens (primary N) is 1. The molecule has 178 valence electrons. The second-order valence-electron chi connectivity index (χ2n) is 8.56. The zero-order valence-electron chi connectivity index (χ0n) is 19.1. The summed E-state index contributed by atoms with van der Waals surface area (Å²) in [6.07, 6.45) is 0.631. The number of anilines is 1. The minimum atomic E-state index is -0.816. The number of aromatic nitrogens is 1. The van der Waals surface area contributed by atoms with Crippen LogP contribution in [0.3, 0.4) is 0 Å². The van der Waals surface area contributed by atoms with Crippen molar-refractivity contribution in [1.82, 2.24) is 10.3 Å². The van der Waals surface area contributed by atoms with E-state index in [-0.39, 0.29) is 29.8 Å².